The molecule has 0 aliphatic carbocycles. The van der Waals surface area contributed by atoms with Crippen LogP contribution in [0.1, 0.15) is 36.3 Å². The van der Waals surface area contributed by atoms with Crippen LogP contribution in [0.25, 0.3) is 11.0 Å². The number of nitrogens with zero attached hydrogens (tertiary/aromatic N) is 2. The van der Waals surface area contributed by atoms with Crippen molar-refractivity contribution >= 4 is 28.5 Å². The molecule has 30 heavy (non-hydrogen) atoms. The fraction of sp³-hybridized carbons (Fsp3) is 0.391. The van der Waals surface area contributed by atoms with Gasteiger partial charge in [-0.1, -0.05) is 23.7 Å². The molecule has 0 saturated heterocycles. The standard InChI is InChI=1S/C23H28ClN3O3/c1-15-12-18(13-16(2)22(15)24)30-11-7-10-27-20-9-6-5-8-19(20)26-23(27)17(3)25-21(28)14-29-4/h5-6,8-9,12-13,17H,7,10-11,14H2,1-4H3,(H,25,28). The van der Waals surface area contributed by atoms with Gasteiger partial charge in [0.25, 0.3) is 0 Å². The Balaban J connectivity index is 1.71. The van der Waals surface area contributed by atoms with Gasteiger partial charge in [-0.15, -0.1) is 0 Å². The van der Waals surface area contributed by atoms with Crippen molar-refractivity contribution in [3.63, 3.8) is 0 Å². The minimum absolute atomic E-state index is 0.0261. The second kappa shape index (κ2) is 9.96. The fourth-order valence-electron chi connectivity index (χ4n) is 3.54. The van der Waals surface area contributed by atoms with Crippen LogP contribution in [0.5, 0.6) is 5.75 Å². The number of carbonyl (C=O) groups is 1. The highest BCUT2D eigenvalue weighted by atomic mass is 35.5. The molecule has 1 atom stereocenters. The van der Waals surface area contributed by atoms with Crippen molar-refractivity contribution in [2.24, 2.45) is 0 Å². The lowest BCUT2D eigenvalue weighted by molar-refractivity contribution is -0.125. The van der Waals surface area contributed by atoms with Crippen molar-refractivity contribution < 1.29 is 14.3 Å². The molecule has 1 heterocycles. The van der Waals surface area contributed by atoms with E-state index < -0.39 is 0 Å². The van der Waals surface area contributed by atoms with Gasteiger partial charge in [0.15, 0.2) is 0 Å². The zero-order valence-corrected chi connectivity index (χ0v) is 18.6. The first-order valence-electron chi connectivity index (χ1n) is 10.0. The molecule has 1 aromatic heterocycles. The Morgan fingerprint density at radius 2 is 1.93 bits per heavy atom. The number of amides is 1. The van der Waals surface area contributed by atoms with Crippen molar-refractivity contribution in [3.8, 4) is 5.75 Å². The van der Waals surface area contributed by atoms with Crippen LogP contribution in [0, 0.1) is 13.8 Å². The molecule has 0 bridgehead atoms. The summed E-state index contributed by atoms with van der Waals surface area (Å²) in [4.78, 5) is 16.7. The Hall–Kier alpha value is -2.57. The molecule has 0 aliphatic rings. The number of halogens is 1. The number of imidazole rings is 1. The number of fused-ring (bicyclic) bond motifs is 1. The van der Waals surface area contributed by atoms with Crippen LogP contribution in [0.4, 0.5) is 0 Å². The predicted molar refractivity (Wildman–Crippen MR) is 119 cm³/mol. The predicted octanol–water partition coefficient (Wildman–Crippen LogP) is 4.60. The molecule has 3 aromatic rings. The van der Waals surface area contributed by atoms with Crippen molar-refractivity contribution in [2.45, 2.75) is 39.8 Å². The summed E-state index contributed by atoms with van der Waals surface area (Å²) in [6, 6.07) is 11.7. The van der Waals surface area contributed by atoms with Gasteiger partial charge in [-0.2, -0.15) is 0 Å². The third-order valence-corrected chi connectivity index (χ3v) is 5.53. The Kier molecular flexibility index (Phi) is 7.34. The molecule has 7 heteroatoms. The number of ether oxygens (including phenoxy) is 2. The summed E-state index contributed by atoms with van der Waals surface area (Å²) >= 11 is 6.23. The smallest absolute Gasteiger partial charge is 0.246 e. The first-order chi connectivity index (χ1) is 14.4. The first kappa shape index (κ1) is 22.1. The number of methoxy groups -OCH3 is 1. The Morgan fingerprint density at radius 1 is 1.23 bits per heavy atom. The number of carbonyl (C=O) groups excluding carboxylic acids is 1. The molecule has 0 radical (unpaired) electrons. The largest absolute Gasteiger partial charge is 0.494 e. The van der Waals surface area contributed by atoms with Crippen LogP contribution in [0.2, 0.25) is 5.02 Å². The van der Waals surface area contributed by atoms with Crippen molar-refractivity contribution in [3.05, 3.63) is 58.4 Å². The van der Waals surface area contributed by atoms with E-state index in [9.17, 15) is 4.79 Å². The SMILES string of the molecule is COCC(=O)NC(C)c1nc2ccccc2n1CCCOc1cc(C)c(Cl)c(C)c1. The number of aromatic nitrogens is 2. The van der Waals surface area contributed by atoms with Gasteiger partial charge in [0.2, 0.25) is 5.91 Å². The number of rotatable bonds is 9. The van der Waals surface area contributed by atoms with Crippen molar-refractivity contribution in [2.75, 3.05) is 20.3 Å². The Labute approximate surface area is 182 Å². The minimum atomic E-state index is -0.234. The number of para-hydroxylation sites is 2. The highest BCUT2D eigenvalue weighted by Gasteiger charge is 2.18. The summed E-state index contributed by atoms with van der Waals surface area (Å²) < 4.78 is 13.0. The topological polar surface area (TPSA) is 65.4 Å². The van der Waals surface area contributed by atoms with Crippen LogP contribution in [0.15, 0.2) is 36.4 Å². The van der Waals surface area contributed by atoms with Gasteiger partial charge in [0, 0.05) is 18.7 Å². The van der Waals surface area contributed by atoms with E-state index in [0.29, 0.717) is 6.61 Å². The van der Waals surface area contributed by atoms with Crippen LogP contribution in [-0.4, -0.2) is 35.8 Å². The summed E-state index contributed by atoms with van der Waals surface area (Å²) in [7, 11) is 1.50. The lowest BCUT2D eigenvalue weighted by Gasteiger charge is -2.16. The van der Waals surface area contributed by atoms with E-state index in [4.69, 9.17) is 26.1 Å². The maximum Gasteiger partial charge on any atom is 0.246 e. The number of nitrogens with one attached hydrogen (secondary N) is 1. The van der Waals surface area contributed by atoms with Gasteiger partial charge in [-0.05, 0) is 62.6 Å². The minimum Gasteiger partial charge on any atom is -0.494 e. The molecule has 1 unspecified atom stereocenters. The van der Waals surface area contributed by atoms with E-state index >= 15 is 0 Å². The molecule has 0 aliphatic heterocycles. The van der Waals surface area contributed by atoms with Gasteiger partial charge in [-0.3, -0.25) is 4.79 Å². The third-order valence-electron chi connectivity index (χ3n) is 4.93. The molecule has 6 nitrogen and oxygen atoms in total. The van der Waals surface area contributed by atoms with Crippen LogP contribution < -0.4 is 10.1 Å². The Morgan fingerprint density at radius 3 is 2.63 bits per heavy atom. The van der Waals surface area contributed by atoms with Gasteiger partial charge < -0.3 is 19.4 Å². The summed E-state index contributed by atoms with van der Waals surface area (Å²) in [5.41, 5.74) is 3.97. The molecule has 160 valence electrons. The average molecular weight is 430 g/mol. The monoisotopic (exact) mass is 429 g/mol. The summed E-state index contributed by atoms with van der Waals surface area (Å²) in [5, 5.41) is 3.72. The molecule has 0 spiro atoms. The zero-order valence-electron chi connectivity index (χ0n) is 17.9. The molecule has 1 N–H and O–H groups in total. The molecular weight excluding hydrogens is 402 g/mol. The van der Waals surface area contributed by atoms with E-state index in [2.05, 4.69) is 9.88 Å². The van der Waals surface area contributed by atoms with Crippen LogP contribution in [0.3, 0.4) is 0 Å². The molecule has 1 amide bonds. The third kappa shape index (κ3) is 5.12. The van der Waals surface area contributed by atoms with Crippen LogP contribution in [-0.2, 0) is 16.1 Å². The summed E-state index contributed by atoms with van der Waals surface area (Å²) in [5.74, 6) is 1.48. The molecule has 2 aromatic carbocycles. The van der Waals surface area contributed by atoms with E-state index in [1.165, 1.54) is 7.11 Å². The second-order valence-electron chi connectivity index (χ2n) is 7.41. The average Bonchev–Trinajstić information content (AvgIpc) is 3.08. The highest BCUT2D eigenvalue weighted by Crippen LogP contribution is 2.26. The summed E-state index contributed by atoms with van der Waals surface area (Å²) in [6.07, 6.45) is 0.798. The van der Waals surface area contributed by atoms with E-state index in [1.54, 1.807) is 0 Å². The second-order valence-corrected chi connectivity index (χ2v) is 7.78. The van der Waals surface area contributed by atoms with E-state index in [-0.39, 0.29) is 18.6 Å². The van der Waals surface area contributed by atoms with E-state index in [0.717, 1.165) is 51.7 Å². The van der Waals surface area contributed by atoms with Gasteiger partial charge in [0.05, 0.1) is 23.7 Å². The first-order valence-corrected chi connectivity index (χ1v) is 10.4. The lowest BCUT2D eigenvalue weighted by atomic mass is 10.1. The molecular formula is C23H28ClN3O3. The fourth-order valence-corrected chi connectivity index (χ4v) is 3.65. The molecule has 3 rings (SSSR count). The maximum absolute atomic E-state index is 11.9. The van der Waals surface area contributed by atoms with E-state index in [1.807, 2.05) is 57.2 Å². The summed E-state index contributed by atoms with van der Waals surface area (Å²) in [6.45, 7) is 7.21. The van der Waals surface area contributed by atoms with Gasteiger partial charge >= 0.3 is 0 Å². The molecule has 0 fully saturated rings. The zero-order chi connectivity index (χ0) is 21.7. The number of hydrogen-bond donors (Lipinski definition) is 1. The number of benzene rings is 2. The van der Waals surface area contributed by atoms with Crippen LogP contribution >= 0.6 is 11.6 Å². The normalized spacial score (nSPS) is 12.2. The highest BCUT2D eigenvalue weighted by molar-refractivity contribution is 6.32. The van der Waals surface area contributed by atoms with Gasteiger partial charge in [-0.25, -0.2) is 4.98 Å². The maximum atomic E-state index is 11.9. The van der Waals surface area contributed by atoms with Gasteiger partial charge in [0.1, 0.15) is 18.2 Å². The Bertz CT molecular complexity index is 1010. The lowest BCUT2D eigenvalue weighted by Crippen LogP contribution is -2.31. The van der Waals surface area contributed by atoms with Crippen molar-refractivity contribution in [1.29, 1.82) is 0 Å². The number of hydrogen-bond acceptors (Lipinski definition) is 4. The van der Waals surface area contributed by atoms with Crippen molar-refractivity contribution in [1.82, 2.24) is 14.9 Å². The number of aryl methyl sites for hydroxylation is 3. The quantitative estimate of drug-likeness (QED) is 0.505. The molecule has 0 saturated carbocycles.